The van der Waals surface area contributed by atoms with Crippen LogP contribution in [0.2, 0.25) is 10.0 Å². The Morgan fingerprint density at radius 3 is 1.64 bits per heavy atom. The standard InChI is InChI=1S/C27H26ClF2NO5.C15H15ClF2N2O2/c1-34-23-9-10-25(31-26(23)17-3-7-20(29)19(28)13-17)27(30,15-32)12-11-21(33)16-4-8-22(24(14-16)35-2)36-18-5-6-18;1-22-12-4-5-13(15(18,7-19)8-21)20-14(12)9-2-3-11(17)10(16)6-9/h3-4,7-10,13-14,18,32H,5-6,11-12,15H2,1-2H3;2-6,21H,7-8,19H2,1H3. The fourth-order valence-electron chi connectivity index (χ4n) is 5.72. The third kappa shape index (κ3) is 10.2. The number of aliphatic hydroxyl groups excluding tert-OH is 2. The molecule has 0 spiro atoms. The molecule has 5 aromatic rings. The number of carbonyl (C=O) groups excluding carboxylic acids is 1. The minimum atomic E-state index is -2.31. The molecule has 1 aliphatic rings. The summed E-state index contributed by atoms with van der Waals surface area (Å²) in [5, 5.41) is 18.9. The summed E-state index contributed by atoms with van der Waals surface area (Å²) in [6, 6.07) is 18.6. The summed E-state index contributed by atoms with van der Waals surface area (Å²) in [4.78, 5) is 21.4. The zero-order valence-electron chi connectivity index (χ0n) is 31.7. The molecular weight excluding hydrogens is 805 g/mol. The predicted octanol–water partition coefficient (Wildman–Crippen LogP) is 8.59. The number of aliphatic hydroxyl groups is 2. The molecule has 0 bridgehead atoms. The Morgan fingerprint density at radius 2 is 1.21 bits per heavy atom. The molecule has 0 aliphatic heterocycles. The molecule has 0 saturated heterocycles. The lowest BCUT2D eigenvalue weighted by Gasteiger charge is -2.23. The first-order valence-corrected chi connectivity index (χ1v) is 18.7. The van der Waals surface area contributed by atoms with Crippen molar-refractivity contribution in [1.82, 2.24) is 9.97 Å². The summed E-state index contributed by atoms with van der Waals surface area (Å²) >= 11 is 11.7. The number of hydrogen-bond acceptors (Lipinski definition) is 10. The van der Waals surface area contributed by atoms with Crippen LogP contribution < -0.4 is 24.7 Å². The minimum Gasteiger partial charge on any atom is -0.494 e. The van der Waals surface area contributed by atoms with Crippen molar-refractivity contribution in [2.75, 3.05) is 41.1 Å². The summed E-state index contributed by atoms with van der Waals surface area (Å²) in [7, 11) is 4.35. The van der Waals surface area contributed by atoms with Crippen molar-refractivity contribution in [2.24, 2.45) is 5.73 Å². The van der Waals surface area contributed by atoms with E-state index < -0.39 is 42.7 Å². The summed E-state index contributed by atoms with van der Waals surface area (Å²) in [6.07, 6.45) is 1.64. The van der Waals surface area contributed by atoms with Gasteiger partial charge in [0.05, 0.1) is 62.1 Å². The van der Waals surface area contributed by atoms with Crippen LogP contribution in [0.25, 0.3) is 22.5 Å². The van der Waals surface area contributed by atoms with E-state index in [0.29, 0.717) is 39.7 Å². The molecule has 16 heteroatoms. The number of pyridine rings is 2. The number of alkyl halides is 2. The monoisotopic (exact) mass is 845 g/mol. The van der Waals surface area contributed by atoms with Crippen molar-refractivity contribution < 1.29 is 51.5 Å². The number of rotatable bonds is 16. The highest BCUT2D eigenvalue weighted by Gasteiger charge is 2.35. The molecule has 1 fully saturated rings. The lowest BCUT2D eigenvalue weighted by molar-refractivity contribution is 0.0520. The van der Waals surface area contributed by atoms with Gasteiger partial charge >= 0.3 is 0 Å². The zero-order valence-corrected chi connectivity index (χ0v) is 33.2. The highest BCUT2D eigenvalue weighted by atomic mass is 35.5. The van der Waals surface area contributed by atoms with Gasteiger partial charge in [-0.3, -0.25) is 4.79 Å². The Labute approximate surface area is 342 Å². The molecule has 2 heterocycles. The normalized spacial score (nSPS) is 14.3. The number of ether oxygens (including phenoxy) is 4. The fraction of sp³-hybridized carbons (Fsp3) is 0.310. The van der Waals surface area contributed by atoms with Crippen molar-refractivity contribution >= 4 is 29.0 Å². The van der Waals surface area contributed by atoms with Gasteiger partial charge in [0.2, 0.25) is 0 Å². The summed E-state index contributed by atoms with van der Waals surface area (Å²) in [6.45, 7) is -2.11. The molecule has 1 aliphatic carbocycles. The van der Waals surface area contributed by atoms with E-state index in [4.69, 9.17) is 47.9 Å². The SMILES string of the molecule is COc1cc(C(=O)CCC(F)(CO)c2ccc(OC)c(-c3ccc(F)c(Cl)c3)n2)ccc1OC1CC1.COc1ccc(C(F)(CN)CO)nc1-c1ccc(F)c(Cl)c1. The number of nitrogens with two attached hydrogens (primary N) is 1. The Kier molecular flexibility index (Phi) is 14.6. The number of carbonyl (C=O) groups is 1. The quantitative estimate of drug-likeness (QED) is 0.0652. The van der Waals surface area contributed by atoms with E-state index in [-0.39, 0.29) is 57.5 Å². The highest BCUT2D eigenvalue weighted by Crippen LogP contribution is 2.38. The Morgan fingerprint density at radius 1 is 0.724 bits per heavy atom. The molecule has 4 N–H and O–H groups in total. The molecular formula is C42H41Cl2F4N3O7. The Bertz CT molecular complexity index is 2240. The zero-order chi connectivity index (χ0) is 42.2. The van der Waals surface area contributed by atoms with Gasteiger partial charge in [-0.25, -0.2) is 27.5 Å². The maximum absolute atomic E-state index is 15.9. The van der Waals surface area contributed by atoms with Gasteiger partial charge in [0.1, 0.15) is 34.5 Å². The van der Waals surface area contributed by atoms with E-state index in [1.165, 1.54) is 82.0 Å². The van der Waals surface area contributed by atoms with Crippen LogP contribution in [0.4, 0.5) is 17.6 Å². The number of aromatic nitrogens is 2. The number of halogens is 6. The first-order chi connectivity index (χ1) is 27.7. The van der Waals surface area contributed by atoms with Crippen LogP contribution in [0.5, 0.6) is 23.0 Å². The molecule has 3 aromatic carbocycles. The average molecular weight is 847 g/mol. The van der Waals surface area contributed by atoms with Gasteiger partial charge in [0.25, 0.3) is 0 Å². The Hall–Kier alpha value is -4.99. The minimum absolute atomic E-state index is 0.0336. The van der Waals surface area contributed by atoms with E-state index in [1.807, 2.05) is 0 Å². The van der Waals surface area contributed by atoms with Gasteiger partial charge < -0.3 is 34.9 Å². The number of methoxy groups -OCH3 is 3. The van der Waals surface area contributed by atoms with E-state index in [1.54, 1.807) is 18.2 Å². The van der Waals surface area contributed by atoms with E-state index in [9.17, 15) is 28.2 Å². The van der Waals surface area contributed by atoms with E-state index >= 15 is 4.39 Å². The molecule has 0 radical (unpaired) electrons. The molecule has 0 amide bonds. The molecule has 1 saturated carbocycles. The number of hydrogen-bond donors (Lipinski definition) is 3. The predicted molar refractivity (Wildman–Crippen MR) is 211 cm³/mol. The average Bonchev–Trinajstić information content (AvgIpc) is 4.08. The smallest absolute Gasteiger partial charge is 0.187 e. The lowest BCUT2D eigenvalue weighted by atomic mass is 9.92. The molecule has 10 nitrogen and oxygen atoms in total. The lowest BCUT2D eigenvalue weighted by Crippen LogP contribution is -2.35. The van der Waals surface area contributed by atoms with Crippen molar-refractivity contribution in [3.8, 4) is 45.5 Å². The second kappa shape index (κ2) is 19.2. The summed E-state index contributed by atoms with van der Waals surface area (Å²) in [5.74, 6) is 0.178. The van der Waals surface area contributed by atoms with Crippen LogP contribution in [0.15, 0.2) is 78.9 Å². The van der Waals surface area contributed by atoms with Crippen molar-refractivity contribution in [3.05, 3.63) is 117 Å². The van der Waals surface area contributed by atoms with Crippen molar-refractivity contribution in [2.45, 2.75) is 43.1 Å². The maximum atomic E-state index is 15.9. The second-order valence-corrected chi connectivity index (χ2v) is 14.1. The van der Waals surface area contributed by atoms with E-state index in [2.05, 4.69) is 9.97 Å². The van der Waals surface area contributed by atoms with E-state index in [0.717, 1.165) is 12.8 Å². The van der Waals surface area contributed by atoms with Crippen LogP contribution in [0.1, 0.15) is 47.4 Å². The second-order valence-electron chi connectivity index (χ2n) is 13.3. The van der Waals surface area contributed by atoms with Gasteiger partial charge in [-0.15, -0.1) is 0 Å². The number of nitrogens with zero attached hydrogens (tertiary/aromatic N) is 2. The summed E-state index contributed by atoms with van der Waals surface area (Å²) < 4.78 is 79.0. The van der Waals surface area contributed by atoms with Gasteiger partial charge in [0.15, 0.2) is 28.6 Å². The molecule has 2 atom stereocenters. The first kappa shape index (κ1) is 44.1. The van der Waals surface area contributed by atoms with Gasteiger partial charge in [-0.1, -0.05) is 23.2 Å². The number of Topliss-reactive ketones (excluding diaryl/α,β-unsaturated/α-hetero) is 1. The van der Waals surface area contributed by atoms with Crippen molar-refractivity contribution in [1.29, 1.82) is 0 Å². The third-order valence-corrected chi connectivity index (χ3v) is 9.92. The number of ketones is 1. The summed E-state index contributed by atoms with van der Waals surface area (Å²) in [5.41, 5.74) is 2.53. The van der Waals surface area contributed by atoms with Crippen LogP contribution in [-0.2, 0) is 11.3 Å². The molecule has 308 valence electrons. The first-order valence-electron chi connectivity index (χ1n) is 17.9. The van der Waals surface area contributed by atoms with Gasteiger partial charge in [-0.2, -0.15) is 0 Å². The largest absolute Gasteiger partial charge is 0.494 e. The van der Waals surface area contributed by atoms with Crippen LogP contribution in [0, 0.1) is 11.6 Å². The molecule has 6 rings (SSSR count). The molecule has 2 aromatic heterocycles. The number of benzene rings is 3. The van der Waals surface area contributed by atoms with Crippen LogP contribution >= 0.6 is 23.2 Å². The van der Waals surface area contributed by atoms with Gasteiger partial charge in [-0.05, 0) is 98.1 Å². The molecule has 58 heavy (non-hydrogen) atoms. The molecule has 2 unspecified atom stereocenters. The topological polar surface area (TPSA) is 146 Å². The maximum Gasteiger partial charge on any atom is 0.187 e. The van der Waals surface area contributed by atoms with Gasteiger partial charge in [0, 0.05) is 29.7 Å². The fourth-order valence-corrected chi connectivity index (χ4v) is 6.08. The van der Waals surface area contributed by atoms with Crippen LogP contribution in [0.3, 0.4) is 0 Å². The van der Waals surface area contributed by atoms with Crippen molar-refractivity contribution in [3.63, 3.8) is 0 Å². The van der Waals surface area contributed by atoms with Crippen LogP contribution in [-0.4, -0.2) is 73.2 Å². The Balaban J connectivity index is 0.000000249. The third-order valence-electron chi connectivity index (χ3n) is 9.34. The highest BCUT2D eigenvalue weighted by molar-refractivity contribution is 6.31.